The number of hydrogen-bond acceptors (Lipinski definition) is 3. The van der Waals surface area contributed by atoms with E-state index in [9.17, 15) is 0 Å². The number of fused-ring (bicyclic) bond motifs is 1. The molecule has 0 bridgehead atoms. The van der Waals surface area contributed by atoms with Crippen molar-refractivity contribution in [3.63, 3.8) is 0 Å². The SMILES string of the molecule is COCCn1cc(C)nc1Nc1cccc2ccccc12. The molecule has 1 N–H and O–H groups in total. The average Bonchev–Trinajstić information content (AvgIpc) is 2.85. The van der Waals surface area contributed by atoms with Gasteiger partial charge in [0.15, 0.2) is 0 Å². The van der Waals surface area contributed by atoms with Gasteiger partial charge in [0.25, 0.3) is 0 Å². The number of ether oxygens (including phenoxy) is 1. The summed E-state index contributed by atoms with van der Waals surface area (Å²) in [4.78, 5) is 4.56. The van der Waals surface area contributed by atoms with Crippen LogP contribution >= 0.6 is 0 Å². The molecular formula is C17H19N3O. The number of nitrogens with zero attached hydrogens (tertiary/aromatic N) is 2. The molecule has 0 radical (unpaired) electrons. The van der Waals surface area contributed by atoms with E-state index in [-0.39, 0.29) is 0 Å². The third-order valence-corrected chi connectivity index (χ3v) is 3.47. The molecule has 0 atom stereocenters. The highest BCUT2D eigenvalue weighted by molar-refractivity contribution is 5.94. The van der Waals surface area contributed by atoms with E-state index in [2.05, 4.69) is 57.3 Å². The summed E-state index contributed by atoms with van der Waals surface area (Å²) in [7, 11) is 1.71. The number of hydrogen-bond donors (Lipinski definition) is 1. The molecule has 21 heavy (non-hydrogen) atoms. The first-order valence-corrected chi connectivity index (χ1v) is 7.05. The van der Waals surface area contributed by atoms with Gasteiger partial charge >= 0.3 is 0 Å². The highest BCUT2D eigenvalue weighted by Crippen LogP contribution is 2.26. The molecule has 0 fully saturated rings. The predicted molar refractivity (Wildman–Crippen MR) is 86.1 cm³/mol. The Labute approximate surface area is 124 Å². The fourth-order valence-corrected chi connectivity index (χ4v) is 2.46. The van der Waals surface area contributed by atoms with Gasteiger partial charge in [0.2, 0.25) is 5.95 Å². The smallest absolute Gasteiger partial charge is 0.207 e. The second-order valence-electron chi connectivity index (χ2n) is 5.04. The van der Waals surface area contributed by atoms with E-state index in [0.717, 1.165) is 23.9 Å². The van der Waals surface area contributed by atoms with Gasteiger partial charge < -0.3 is 14.6 Å². The van der Waals surface area contributed by atoms with Gasteiger partial charge in [-0.25, -0.2) is 4.98 Å². The maximum atomic E-state index is 5.15. The van der Waals surface area contributed by atoms with E-state index in [0.29, 0.717) is 6.61 Å². The Kier molecular flexibility index (Phi) is 3.88. The molecule has 108 valence electrons. The molecule has 4 heteroatoms. The first kappa shape index (κ1) is 13.6. The minimum atomic E-state index is 0.667. The van der Waals surface area contributed by atoms with Crippen molar-refractivity contribution in [1.29, 1.82) is 0 Å². The lowest BCUT2D eigenvalue weighted by Gasteiger charge is -2.11. The Morgan fingerprint density at radius 1 is 1.14 bits per heavy atom. The molecule has 0 aliphatic carbocycles. The first-order valence-electron chi connectivity index (χ1n) is 7.05. The van der Waals surface area contributed by atoms with Gasteiger partial charge in [0, 0.05) is 30.9 Å². The quantitative estimate of drug-likeness (QED) is 0.774. The normalized spacial score (nSPS) is 11.0. The number of nitrogens with one attached hydrogen (secondary N) is 1. The Hall–Kier alpha value is -2.33. The molecule has 0 amide bonds. The fourth-order valence-electron chi connectivity index (χ4n) is 2.46. The molecule has 4 nitrogen and oxygen atoms in total. The highest BCUT2D eigenvalue weighted by Gasteiger charge is 2.07. The van der Waals surface area contributed by atoms with E-state index in [1.54, 1.807) is 7.11 Å². The van der Waals surface area contributed by atoms with Crippen LogP contribution in [0.4, 0.5) is 11.6 Å². The molecule has 0 unspecified atom stereocenters. The molecule has 0 aliphatic heterocycles. The van der Waals surface area contributed by atoms with E-state index in [1.807, 2.05) is 13.1 Å². The van der Waals surface area contributed by atoms with Crippen molar-refractivity contribution >= 4 is 22.4 Å². The maximum Gasteiger partial charge on any atom is 0.207 e. The van der Waals surface area contributed by atoms with Crippen molar-refractivity contribution in [1.82, 2.24) is 9.55 Å². The van der Waals surface area contributed by atoms with Crippen LogP contribution in [0, 0.1) is 6.92 Å². The minimum Gasteiger partial charge on any atom is -0.383 e. The van der Waals surface area contributed by atoms with Crippen LogP contribution in [-0.4, -0.2) is 23.3 Å². The van der Waals surface area contributed by atoms with Crippen LogP contribution in [-0.2, 0) is 11.3 Å². The van der Waals surface area contributed by atoms with Crippen molar-refractivity contribution in [3.05, 3.63) is 54.4 Å². The third kappa shape index (κ3) is 2.90. The van der Waals surface area contributed by atoms with Gasteiger partial charge in [-0.2, -0.15) is 0 Å². The van der Waals surface area contributed by atoms with E-state index in [1.165, 1.54) is 10.8 Å². The molecular weight excluding hydrogens is 262 g/mol. The minimum absolute atomic E-state index is 0.667. The van der Waals surface area contributed by atoms with Crippen molar-refractivity contribution in [2.24, 2.45) is 0 Å². The van der Waals surface area contributed by atoms with Crippen LogP contribution in [0.1, 0.15) is 5.69 Å². The van der Waals surface area contributed by atoms with Crippen LogP contribution in [0.3, 0.4) is 0 Å². The number of benzene rings is 2. The number of imidazole rings is 1. The molecule has 0 saturated carbocycles. The summed E-state index contributed by atoms with van der Waals surface area (Å²) < 4.78 is 7.24. The zero-order valence-corrected chi connectivity index (χ0v) is 12.3. The first-order chi connectivity index (χ1) is 10.3. The Morgan fingerprint density at radius 3 is 2.81 bits per heavy atom. The molecule has 2 aromatic carbocycles. The topological polar surface area (TPSA) is 39.1 Å². The fraction of sp³-hybridized carbons (Fsp3) is 0.235. The number of anilines is 2. The predicted octanol–water partition coefficient (Wildman–Crippen LogP) is 3.73. The summed E-state index contributed by atoms with van der Waals surface area (Å²) in [6, 6.07) is 14.6. The number of methoxy groups -OCH3 is 1. The number of aromatic nitrogens is 2. The van der Waals surface area contributed by atoms with Crippen molar-refractivity contribution in [3.8, 4) is 0 Å². The Morgan fingerprint density at radius 2 is 1.95 bits per heavy atom. The van der Waals surface area contributed by atoms with Crippen LogP contribution in [0.25, 0.3) is 10.8 Å². The maximum absolute atomic E-state index is 5.15. The van der Waals surface area contributed by atoms with Crippen molar-refractivity contribution in [2.75, 3.05) is 19.0 Å². The monoisotopic (exact) mass is 281 g/mol. The summed E-state index contributed by atoms with van der Waals surface area (Å²) in [6.07, 6.45) is 2.03. The second kappa shape index (κ2) is 5.97. The van der Waals surface area contributed by atoms with E-state index >= 15 is 0 Å². The van der Waals surface area contributed by atoms with E-state index < -0.39 is 0 Å². The van der Waals surface area contributed by atoms with Gasteiger partial charge in [-0.05, 0) is 18.4 Å². The summed E-state index contributed by atoms with van der Waals surface area (Å²) in [5.41, 5.74) is 2.06. The Balaban J connectivity index is 1.95. The van der Waals surface area contributed by atoms with Gasteiger partial charge in [-0.3, -0.25) is 0 Å². The highest BCUT2D eigenvalue weighted by atomic mass is 16.5. The van der Waals surface area contributed by atoms with Gasteiger partial charge in [-0.1, -0.05) is 36.4 Å². The van der Waals surface area contributed by atoms with Crippen LogP contribution in [0.5, 0.6) is 0 Å². The lowest BCUT2D eigenvalue weighted by molar-refractivity contribution is 0.188. The van der Waals surface area contributed by atoms with Gasteiger partial charge in [0.05, 0.1) is 12.3 Å². The summed E-state index contributed by atoms with van der Waals surface area (Å²) in [5, 5.41) is 5.85. The van der Waals surface area contributed by atoms with Crippen LogP contribution < -0.4 is 5.32 Å². The summed E-state index contributed by atoms with van der Waals surface area (Å²) in [5.74, 6) is 0.848. The van der Waals surface area contributed by atoms with Gasteiger partial charge in [0.1, 0.15) is 0 Å². The lowest BCUT2D eigenvalue weighted by Crippen LogP contribution is -2.07. The number of rotatable bonds is 5. The van der Waals surface area contributed by atoms with Crippen molar-refractivity contribution < 1.29 is 4.74 Å². The molecule has 0 aliphatic rings. The second-order valence-corrected chi connectivity index (χ2v) is 5.04. The summed E-state index contributed by atoms with van der Waals surface area (Å²) >= 11 is 0. The standard InChI is InChI=1S/C17H19N3O/c1-13-12-20(10-11-21-2)17(18-13)19-16-9-5-7-14-6-3-4-8-15(14)16/h3-9,12H,10-11H2,1-2H3,(H,18,19). The Bertz CT molecular complexity index is 743. The van der Waals surface area contributed by atoms with Gasteiger partial charge in [-0.15, -0.1) is 0 Å². The molecule has 3 aromatic rings. The lowest BCUT2D eigenvalue weighted by atomic mass is 10.1. The number of aryl methyl sites for hydroxylation is 1. The van der Waals surface area contributed by atoms with E-state index in [4.69, 9.17) is 4.74 Å². The molecule has 0 saturated heterocycles. The van der Waals surface area contributed by atoms with Crippen molar-refractivity contribution in [2.45, 2.75) is 13.5 Å². The van der Waals surface area contributed by atoms with Crippen LogP contribution in [0.15, 0.2) is 48.7 Å². The zero-order chi connectivity index (χ0) is 14.7. The summed E-state index contributed by atoms with van der Waals surface area (Å²) in [6.45, 7) is 3.45. The molecule has 3 rings (SSSR count). The third-order valence-electron chi connectivity index (χ3n) is 3.47. The average molecular weight is 281 g/mol. The largest absolute Gasteiger partial charge is 0.383 e. The molecule has 0 spiro atoms. The van der Waals surface area contributed by atoms with Crippen LogP contribution in [0.2, 0.25) is 0 Å². The molecule has 1 aromatic heterocycles. The zero-order valence-electron chi connectivity index (χ0n) is 12.3. The molecule has 1 heterocycles.